The quantitative estimate of drug-likeness (QED) is 0.877. The van der Waals surface area contributed by atoms with Gasteiger partial charge in [0, 0.05) is 12.1 Å². The molecule has 0 bridgehead atoms. The van der Waals surface area contributed by atoms with E-state index in [-0.39, 0.29) is 6.04 Å². The predicted molar refractivity (Wildman–Crippen MR) is 91.6 cm³/mol. The molecule has 0 aliphatic carbocycles. The lowest BCUT2D eigenvalue weighted by Crippen LogP contribution is -2.29. The van der Waals surface area contributed by atoms with Crippen molar-refractivity contribution in [3.63, 3.8) is 0 Å². The van der Waals surface area contributed by atoms with Crippen molar-refractivity contribution in [3.8, 4) is 5.75 Å². The molecule has 1 heterocycles. The minimum absolute atomic E-state index is 0.180. The van der Waals surface area contributed by atoms with E-state index >= 15 is 0 Å². The lowest BCUT2D eigenvalue weighted by Gasteiger charge is -2.26. The fraction of sp³-hybridized carbons (Fsp3) is 0.333. The highest BCUT2D eigenvalue weighted by Gasteiger charge is 2.32. The Balaban J connectivity index is 2.09. The molecular weight excluding hydrogens is 296 g/mol. The van der Waals surface area contributed by atoms with Gasteiger partial charge in [-0.25, -0.2) is 5.01 Å². The van der Waals surface area contributed by atoms with Crippen molar-refractivity contribution in [1.29, 1.82) is 0 Å². The first kappa shape index (κ1) is 15.2. The van der Waals surface area contributed by atoms with Gasteiger partial charge in [0.2, 0.25) is 0 Å². The highest BCUT2D eigenvalue weighted by Crippen LogP contribution is 2.44. The lowest BCUT2D eigenvalue weighted by atomic mass is 9.94. The summed E-state index contributed by atoms with van der Waals surface area (Å²) in [5.74, 6) is 0.889. The Morgan fingerprint density at radius 2 is 2.05 bits per heavy atom. The minimum atomic E-state index is 0.180. The van der Waals surface area contributed by atoms with Gasteiger partial charge in [-0.2, -0.15) is 0 Å². The number of para-hydroxylation sites is 1. The number of hydrazine groups is 1. The van der Waals surface area contributed by atoms with E-state index in [0.29, 0.717) is 0 Å². The molecule has 0 amide bonds. The molecule has 0 saturated carbocycles. The van der Waals surface area contributed by atoms with Gasteiger partial charge < -0.3 is 10.2 Å². The van der Waals surface area contributed by atoms with Crippen molar-refractivity contribution in [1.82, 2.24) is 5.01 Å². The SMILES string of the molecule is CCCN1Nc2c(Cl)cccc2C1c1ccc(OC)cc1C. The number of hydrogen-bond acceptors (Lipinski definition) is 3. The summed E-state index contributed by atoms with van der Waals surface area (Å²) in [7, 11) is 1.70. The summed E-state index contributed by atoms with van der Waals surface area (Å²) in [6, 6.07) is 12.5. The van der Waals surface area contributed by atoms with Crippen LogP contribution >= 0.6 is 11.6 Å². The molecule has 0 radical (unpaired) electrons. The van der Waals surface area contributed by atoms with Gasteiger partial charge in [0.25, 0.3) is 0 Å². The van der Waals surface area contributed by atoms with Gasteiger partial charge >= 0.3 is 0 Å². The minimum Gasteiger partial charge on any atom is -0.497 e. The van der Waals surface area contributed by atoms with E-state index in [1.165, 1.54) is 16.7 Å². The third-order valence-electron chi connectivity index (χ3n) is 4.14. The number of aryl methyl sites for hydroxylation is 1. The summed E-state index contributed by atoms with van der Waals surface area (Å²) in [4.78, 5) is 0. The molecule has 3 rings (SSSR count). The third-order valence-corrected chi connectivity index (χ3v) is 4.46. The van der Waals surface area contributed by atoms with Crippen LogP contribution in [-0.4, -0.2) is 18.7 Å². The summed E-state index contributed by atoms with van der Waals surface area (Å²) in [5.41, 5.74) is 8.24. The molecule has 2 aromatic rings. The molecule has 1 aliphatic heterocycles. The molecule has 116 valence electrons. The van der Waals surface area contributed by atoms with Crippen LogP contribution in [0.3, 0.4) is 0 Å². The van der Waals surface area contributed by atoms with Crippen LogP contribution in [0.1, 0.15) is 36.1 Å². The second kappa shape index (κ2) is 6.19. The highest BCUT2D eigenvalue weighted by molar-refractivity contribution is 6.33. The Bertz CT molecular complexity index is 687. The molecule has 1 unspecified atom stereocenters. The number of nitrogens with zero attached hydrogens (tertiary/aromatic N) is 1. The van der Waals surface area contributed by atoms with Gasteiger partial charge in [0.15, 0.2) is 0 Å². The fourth-order valence-electron chi connectivity index (χ4n) is 3.11. The number of fused-ring (bicyclic) bond motifs is 1. The molecule has 1 aliphatic rings. The van der Waals surface area contributed by atoms with Gasteiger partial charge in [-0.3, -0.25) is 0 Å². The van der Waals surface area contributed by atoms with Crippen LogP contribution in [0.15, 0.2) is 36.4 Å². The van der Waals surface area contributed by atoms with Crippen molar-refractivity contribution in [2.75, 3.05) is 19.1 Å². The number of ether oxygens (including phenoxy) is 1. The Hall–Kier alpha value is -1.71. The van der Waals surface area contributed by atoms with E-state index < -0.39 is 0 Å². The number of hydrogen-bond donors (Lipinski definition) is 1. The van der Waals surface area contributed by atoms with Crippen molar-refractivity contribution < 1.29 is 4.74 Å². The van der Waals surface area contributed by atoms with E-state index in [2.05, 4.69) is 42.5 Å². The van der Waals surface area contributed by atoms with Crippen molar-refractivity contribution in [2.45, 2.75) is 26.3 Å². The van der Waals surface area contributed by atoms with Crippen LogP contribution in [0.2, 0.25) is 5.02 Å². The second-order valence-corrected chi connectivity index (χ2v) is 6.04. The molecule has 0 fully saturated rings. The van der Waals surface area contributed by atoms with Crippen LogP contribution in [-0.2, 0) is 0 Å². The molecule has 3 nitrogen and oxygen atoms in total. The molecule has 4 heteroatoms. The van der Waals surface area contributed by atoms with Crippen LogP contribution in [0.5, 0.6) is 5.75 Å². The summed E-state index contributed by atoms with van der Waals surface area (Å²) < 4.78 is 5.33. The third kappa shape index (κ3) is 2.55. The molecule has 22 heavy (non-hydrogen) atoms. The van der Waals surface area contributed by atoms with E-state index in [9.17, 15) is 0 Å². The van der Waals surface area contributed by atoms with Crippen LogP contribution in [0, 0.1) is 6.92 Å². The fourth-order valence-corrected chi connectivity index (χ4v) is 3.33. The number of halogens is 1. The maximum atomic E-state index is 6.37. The number of nitrogens with one attached hydrogen (secondary N) is 1. The van der Waals surface area contributed by atoms with E-state index in [1.807, 2.05) is 18.2 Å². The normalized spacial score (nSPS) is 17.2. The molecule has 0 saturated heterocycles. The summed E-state index contributed by atoms with van der Waals surface area (Å²) in [6.45, 7) is 5.27. The maximum absolute atomic E-state index is 6.37. The molecular formula is C18H21ClN2O. The largest absolute Gasteiger partial charge is 0.497 e. The average Bonchev–Trinajstić information content (AvgIpc) is 2.87. The van der Waals surface area contributed by atoms with Crippen LogP contribution in [0.4, 0.5) is 5.69 Å². The average molecular weight is 317 g/mol. The van der Waals surface area contributed by atoms with Crippen LogP contribution < -0.4 is 10.2 Å². The first-order chi connectivity index (χ1) is 10.7. The summed E-state index contributed by atoms with van der Waals surface area (Å²) >= 11 is 6.37. The molecule has 0 aromatic heterocycles. The van der Waals surface area contributed by atoms with Crippen molar-refractivity contribution in [2.24, 2.45) is 0 Å². The van der Waals surface area contributed by atoms with E-state index in [4.69, 9.17) is 16.3 Å². The zero-order valence-corrected chi connectivity index (χ0v) is 13.9. The Kier molecular flexibility index (Phi) is 4.27. The van der Waals surface area contributed by atoms with Gasteiger partial charge in [-0.1, -0.05) is 36.7 Å². The lowest BCUT2D eigenvalue weighted by molar-refractivity contribution is 0.295. The van der Waals surface area contributed by atoms with Gasteiger partial charge in [-0.05, 0) is 42.7 Å². The second-order valence-electron chi connectivity index (χ2n) is 5.63. The van der Waals surface area contributed by atoms with E-state index in [1.54, 1.807) is 7.11 Å². The molecule has 0 spiro atoms. The van der Waals surface area contributed by atoms with Crippen molar-refractivity contribution in [3.05, 3.63) is 58.1 Å². The Labute approximate surface area is 136 Å². The smallest absolute Gasteiger partial charge is 0.119 e. The highest BCUT2D eigenvalue weighted by atomic mass is 35.5. The first-order valence-electron chi connectivity index (χ1n) is 7.62. The number of anilines is 1. The van der Waals surface area contributed by atoms with E-state index in [0.717, 1.165) is 29.4 Å². The Morgan fingerprint density at radius 1 is 1.23 bits per heavy atom. The molecule has 1 atom stereocenters. The van der Waals surface area contributed by atoms with Gasteiger partial charge in [-0.15, -0.1) is 0 Å². The van der Waals surface area contributed by atoms with Crippen LogP contribution in [0.25, 0.3) is 0 Å². The molecule has 1 N–H and O–H groups in total. The number of rotatable bonds is 4. The monoisotopic (exact) mass is 316 g/mol. The summed E-state index contributed by atoms with van der Waals surface area (Å²) in [5, 5.41) is 3.04. The molecule has 2 aromatic carbocycles. The Morgan fingerprint density at radius 3 is 2.73 bits per heavy atom. The zero-order valence-electron chi connectivity index (χ0n) is 13.2. The first-order valence-corrected chi connectivity index (χ1v) is 7.99. The standard InChI is InChI=1S/C18H21ClN2O/c1-4-10-21-18(14-9-8-13(22-3)11-12(14)2)15-6-5-7-16(19)17(15)20-21/h5-9,11,18,20H,4,10H2,1-3H3. The maximum Gasteiger partial charge on any atom is 0.119 e. The zero-order chi connectivity index (χ0) is 15.7. The van der Waals surface area contributed by atoms with Crippen molar-refractivity contribution >= 4 is 17.3 Å². The number of benzene rings is 2. The topological polar surface area (TPSA) is 24.5 Å². The van der Waals surface area contributed by atoms with Gasteiger partial charge in [0.1, 0.15) is 5.75 Å². The number of methoxy groups -OCH3 is 1. The van der Waals surface area contributed by atoms with Gasteiger partial charge in [0.05, 0.1) is 23.9 Å². The predicted octanol–water partition coefficient (Wildman–Crippen LogP) is 4.80. The summed E-state index contributed by atoms with van der Waals surface area (Å²) in [6.07, 6.45) is 1.07.